The first-order valence-corrected chi connectivity index (χ1v) is 12.8. The number of unbranched alkanes of at least 4 members (excludes halogenated alkanes) is 1. The van der Waals surface area contributed by atoms with Crippen molar-refractivity contribution in [1.82, 2.24) is 25.5 Å². The Morgan fingerprint density at radius 2 is 1.45 bits per heavy atom. The third kappa shape index (κ3) is 5.95. The van der Waals surface area contributed by atoms with Crippen LogP contribution in [0.5, 0.6) is 0 Å². The quantitative estimate of drug-likeness (QED) is 0.226. The van der Waals surface area contributed by atoms with Crippen LogP contribution in [-0.2, 0) is 6.54 Å². The summed E-state index contributed by atoms with van der Waals surface area (Å²) in [7, 11) is 0. The molecule has 38 heavy (non-hydrogen) atoms. The minimum Gasteiger partial charge on any atom is -0.320 e. The lowest BCUT2D eigenvalue weighted by atomic mass is 9.98. The first-order valence-electron chi connectivity index (χ1n) is 12.8. The van der Waals surface area contributed by atoms with Gasteiger partial charge in [0.2, 0.25) is 0 Å². The Morgan fingerprint density at radius 3 is 2.13 bits per heavy atom. The molecule has 0 fully saturated rings. The highest BCUT2D eigenvalue weighted by atomic mass is 16.2. The second-order valence-electron chi connectivity index (χ2n) is 9.14. The van der Waals surface area contributed by atoms with E-state index in [0.717, 1.165) is 51.9 Å². The number of anilines is 1. The van der Waals surface area contributed by atoms with Crippen LogP contribution in [0.3, 0.4) is 0 Å². The highest BCUT2D eigenvalue weighted by molar-refractivity contribution is 5.89. The number of aromatic nitrogens is 4. The van der Waals surface area contributed by atoms with Gasteiger partial charge in [0.15, 0.2) is 5.82 Å². The number of benzene rings is 4. The molecule has 0 spiro atoms. The normalized spacial score (nSPS) is 10.8. The van der Waals surface area contributed by atoms with Crippen molar-refractivity contribution in [1.29, 1.82) is 0 Å². The Kier molecular flexibility index (Phi) is 7.84. The lowest BCUT2D eigenvalue weighted by molar-refractivity contribution is 0.208. The van der Waals surface area contributed by atoms with Crippen molar-refractivity contribution in [3.05, 3.63) is 109 Å². The molecule has 1 heterocycles. The number of carbonyl (C=O) groups excluding carboxylic acids is 1. The summed E-state index contributed by atoms with van der Waals surface area (Å²) in [5.41, 5.74) is 7.16. The van der Waals surface area contributed by atoms with Gasteiger partial charge in [0, 0.05) is 24.3 Å². The van der Waals surface area contributed by atoms with E-state index in [0.29, 0.717) is 18.9 Å². The second-order valence-corrected chi connectivity index (χ2v) is 9.14. The molecular weight excluding hydrogens is 472 g/mol. The Bertz CT molecular complexity index is 1450. The molecule has 0 radical (unpaired) electrons. The largest absolute Gasteiger partial charge is 0.322 e. The van der Waals surface area contributed by atoms with E-state index in [4.69, 9.17) is 0 Å². The summed E-state index contributed by atoms with van der Waals surface area (Å²) in [5.74, 6) is 0.629. The summed E-state index contributed by atoms with van der Waals surface area (Å²) in [5, 5.41) is 17.4. The molecule has 0 aliphatic rings. The van der Waals surface area contributed by atoms with Crippen LogP contribution in [0.2, 0.25) is 0 Å². The summed E-state index contributed by atoms with van der Waals surface area (Å²) in [4.78, 5) is 15.1. The number of rotatable bonds is 9. The zero-order valence-corrected chi connectivity index (χ0v) is 21.3. The smallest absolute Gasteiger partial charge is 0.320 e. The van der Waals surface area contributed by atoms with E-state index < -0.39 is 0 Å². The Balaban J connectivity index is 1.28. The van der Waals surface area contributed by atoms with Gasteiger partial charge in [0.1, 0.15) is 0 Å². The molecule has 1 aromatic heterocycles. The van der Waals surface area contributed by atoms with Gasteiger partial charge in [-0.1, -0.05) is 104 Å². The fourth-order valence-corrected chi connectivity index (χ4v) is 4.41. The van der Waals surface area contributed by atoms with Crippen molar-refractivity contribution in [2.24, 2.45) is 0 Å². The maximum Gasteiger partial charge on any atom is 0.322 e. The molecular formula is C31H30N6O. The van der Waals surface area contributed by atoms with Crippen molar-refractivity contribution in [3.63, 3.8) is 0 Å². The van der Waals surface area contributed by atoms with Gasteiger partial charge < -0.3 is 10.2 Å². The second kappa shape index (κ2) is 12.0. The van der Waals surface area contributed by atoms with E-state index in [1.807, 2.05) is 65.6 Å². The van der Waals surface area contributed by atoms with Crippen LogP contribution >= 0.6 is 0 Å². The number of hydrogen-bond donors (Lipinski definition) is 2. The predicted octanol–water partition coefficient (Wildman–Crippen LogP) is 7.03. The van der Waals surface area contributed by atoms with E-state index in [9.17, 15) is 4.79 Å². The molecule has 2 N–H and O–H groups in total. The van der Waals surface area contributed by atoms with E-state index in [1.54, 1.807) is 0 Å². The zero-order valence-electron chi connectivity index (χ0n) is 21.3. The third-order valence-corrected chi connectivity index (χ3v) is 6.48. The molecule has 0 atom stereocenters. The molecule has 0 unspecified atom stereocenters. The number of carbonyl (C=O) groups is 1. The summed E-state index contributed by atoms with van der Waals surface area (Å²) >= 11 is 0. The summed E-state index contributed by atoms with van der Waals surface area (Å²) in [6.07, 6.45) is 1.96. The van der Waals surface area contributed by atoms with Gasteiger partial charge in [0.05, 0.1) is 0 Å². The van der Waals surface area contributed by atoms with Gasteiger partial charge in [-0.2, -0.15) is 0 Å². The van der Waals surface area contributed by atoms with E-state index in [2.05, 4.69) is 75.3 Å². The molecule has 0 saturated carbocycles. The van der Waals surface area contributed by atoms with Gasteiger partial charge in [-0.05, 0) is 56.8 Å². The van der Waals surface area contributed by atoms with Crippen molar-refractivity contribution >= 4 is 11.7 Å². The highest BCUT2D eigenvalue weighted by Gasteiger charge is 2.15. The van der Waals surface area contributed by atoms with E-state index in [1.165, 1.54) is 0 Å². The molecule has 0 aliphatic carbocycles. The maximum atomic E-state index is 13.2. The highest BCUT2D eigenvalue weighted by Crippen LogP contribution is 2.30. The number of H-pyrrole nitrogens is 1. The third-order valence-electron chi connectivity index (χ3n) is 6.48. The number of hydrogen-bond acceptors (Lipinski definition) is 4. The van der Waals surface area contributed by atoms with Gasteiger partial charge >= 0.3 is 6.03 Å². The topological polar surface area (TPSA) is 86.8 Å². The van der Waals surface area contributed by atoms with Gasteiger partial charge in [0.25, 0.3) is 0 Å². The van der Waals surface area contributed by atoms with E-state index >= 15 is 0 Å². The molecule has 0 bridgehead atoms. The summed E-state index contributed by atoms with van der Waals surface area (Å²) in [6.45, 7) is 3.35. The minimum absolute atomic E-state index is 0.0989. The van der Waals surface area contributed by atoms with Crippen LogP contribution in [0.4, 0.5) is 10.5 Å². The molecule has 7 heteroatoms. The Labute approximate surface area is 222 Å². The molecule has 0 aliphatic heterocycles. The van der Waals surface area contributed by atoms with Crippen molar-refractivity contribution in [2.45, 2.75) is 26.3 Å². The number of amides is 2. The number of tetrazole rings is 1. The number of nitrogens with one attached hydrogen (secondary N) is 2. The monoisotopic (exact) mass is 502 g/mol. The predicted molar refractivity (Wildman–Crippen MR) is 151 cm³/mol. The first kappa shape index (κ1) is 24.9. The Morgan fingerprint density at radius 1 is 0.789 bits per heavy atom. The zero-order chi connectivity index (χ0) is 26.2. The maximum absolute atomic E-state index is 13.2. The molecule has 0 saturated heterocycles. The van der Waals surface area contributed by atoms with Gasteiger partial charge in [-0.25, -0.2) is 9.89 Å². The fourth-order valence-electron chi connectivity index (χ4n) is 4.41. The molecule has 2 amide bonds. The standard InChI is InChI=1S/C31H30N6O/c1-2-3-21-37(31(38)32-27-19-17-25(18-20-27)24-9-5-4-6-10-24)22-23-13-15-26(16-14-23)28-11-7-8-12-29(28)30-33-35-36-34-30/h4-20H,2-3,21-22H2,1H3,(H,32,38)(H,33,34,35,36). The lowest BCUT2D eigenvalue weighted by Gasteiger charge is -2.23. The lowest BCUT2D eigenvalue weighted by Crippen LogP contribution is -2.35. The average Bonchev–Trinajstić information content (AvgIpc) is 3.52. The minimum atomic E-state index is -0.0989. The number of aromatic amines is 1. The molecule has 190 valence electrons. The van der Waals surface area contributed by atoms with Crippen molar-refractivity contribution in [3.8, 4) is 33.6 Å². The fraction of sp³-hybridized carbons (Fsp3) is 0.161. The number of nitrogens with zero attached hydrogens (tertiary/aromatic N) is 4. The molecule has 7 nitrogen and oxygen atoms in total. The summed E-state index contributed by atoms with van der Waals surface area (Å²) in [6, 6.07) is 34.4. The summed E-state index contributed by atoms with van der Waals surface area (Å²) < 4.78 is 0. The van der Waals surface area contributed by atoms with Crippen molar-refractivity contribution < 1.29 is 4.79 Å². The first-order chi connectivity index (χ1) is 18.7. The van der Waals surface area contributed by atoms with Crippen LogP contribution in [0, 0.1) is 0 Å². The molecule has 4 aromatic carbocycles. The SMILES string of the molecule is CCCCN(Cc1ccc(-c2ccccc2-c2nnn[nH]2)cc1)C(=O)Nc1ccc(-c2ccccc2)cc1. The average molecular weight is 503 g/mol. The van der Waals surface area contributed by atoms with E-state index in [-0.39, 0.29) is 6.03 Å². The van der Waals surface area contributed by atoms with Gasteiger partial charge in [-0.15, -0.1) is 5.10 Å². The molecule has 5 rings (SSSR count). The van der Waals surface area contributed by atoms with Crippen LogP contribution in [0.25, 0.3) is 33.6 Å². The van der Waals surface area contributed by atoms with Crippen molar-refractivity contribution in [2.75, 3.05) is 11.9 Å². The van der Waals surface area contributed by atoms with Crippen LogP contribution in [0.1, 0.15) is 25.3 Å². The van der Waals surface area contributed by atoms with Crippen LogP contribution < -0.4 is 5.32 Å². The van der Waals surface area contributed by atoms with Gasteiger partial charge in [-0.3, -0.25) is 0 Å². The Hall–Kier alpha value is -4.78. The number of urea groups is 1. The molecule has 5 aromatic rings. The van der Waals surface area contributed by atoms with Crippen LogP contribution in [-0.4, -0.2) is 38.1 Å². The van der Waals surface area contributed by atoms with Crippen LogP contribution in [0.15, 0.2) is 103 Å².